The summed E-state index contributed by atoms with van der Waals surface area (Å²) in [5, 5.41) is 4.54. The molecule has 0 radical (unpaired) electrons. The Kier molecular flexibility index (Phi) is 4.47. The summed E-state index contributed by atoms with van der Waals surface area (Å²) in [6, 6.07) is 13.1. The minimum atomic E-state index is -0.252. The van der Waals surface area contributed by atoms with E-state index in [-0.39, 0.29) is 24.2 Å². The van der Waals surface area contributed by atoms with Gasteiger partial charge in [-0.2, -0.15) is 0 Å². The average molecular weight is 273 g/mol. The van der Waals surface area contributed by atoms with Crippen LogP contribution in [0, 0.1) is 0 Å². The van der Waals surface area contributed by atoms with Crippen LogP contribution in [0.25, 0.3) is 0 Å². The van der Waals surface area contributed by atoms with Gasteiger partial charge in [-0.05, 0) is 23.9 Å². The summed E-state index contributed by atoms with van der Waals surface area (Å²) in [5.41, 5.74) is 0.948. The molecule has 1 heterocycles. The van der Waals surface area contributed by atoms with E-state index in [2.05, 4.69) is 5.32 Å². The molecule has 0 bridgehead atoms. The Labute approximate surface area is 116 Å². The van der Waals surface area contributed by atoms with Gasteiger partial charge in [-0.15, -0.1) is 11.3 Å². The van der Waals surface area contributed by atoms with Crippen LogP contribution in [0.1, 0.15) is 28.1 Å². The van der Waals surface area contributed by atoms with E-state index in [1.807, 2.05) is 48.7 Å². The largest absolute Gasteiger partial charge is 0.348 e. The minimum absolute atomic E-state index is 0.0521. The SMILES string of the molecule is C[C@H](C(=O)NCC(=O)c1cccs1)c1ccccc1. The van der Waals surface area contributed by atoms with E-state index >= 15 is 0 Å². The lowest BCUT2D eigenvalue weighted by atomic mass is 10.0. The van der Waals surface area contributed by atoms with Crippen LogP contribution in [0.3, 0.4) is 0 Å². The van der Waals surface area contributed by atoms with Gasteiger partial charge in [0.1, 0.15) is 0 Å². The summed E-state index contributed by atoms with van der Waals surface area (Å²) < 4.78 is 0. The molecule has 19 heavy (non-hydrogen) atoms. The highest BCUT2D eigenvalue weighted by Crippen LogP contribution is 2.14. The van der Waals surface area contributed by atoms with Crippen molar-refractivity contribution in [3.05, 3.63) is 58.3 Å². The molecule has 0 saturated carbocycles. The number of carbonyl (C=O) groups excluding carboxylic acids is 2. The van der Waals surface area contributed by atoms with Crippen LogP contribution in [0.5, 0.6) is 0 Å². The van der Waals surface area contributed by atoms with Crippen molar-refractivity contribution in [1.29, 1.82) is 0 Å². The molecule has 0 saturated heterocycles. The first-order chi connectivity index (χ1) is 9.18. The summed E-state index contributed by atoms with van der Waals surface area (Å²) in [6.07, 6.45) is 0. The highest BCUT2D eigenvalue weighted by atomic mass is 32.1. The Hall–Kier alpha value is -1.94. The van der Waals surface area contributed by atoms with Gasteiger partial charge < -0.3 is 5.32 Å². The quantitative estimate of drug-likeness (QED) is 0.851. The zero-order chi connectivity index (χ0) is 13.7. The number of rotatable bonds is 5. The molecule has 0 aliphatic heterocycles. The maximum absolute atomic E-state index is 12.0. The lowest BCUT2D eigenvalue weighted by molar-refractivity contribution is -0.122. The highest BCUT2D eigenvalue weighted by Gasteiger charge is 2.16. The molecule has 0 aliphatic rings. The smallest absolute Gasteiger partial charge is 0.227 e. The summed E-state index contributed by atoms with van der Waals surface area (Å²) >= 11 is 1.39. The molecule has 1 aromatic heterocycles. The minimum Gasteiger partial charge on any atom is -0.348 e. The van der Waals surface area contributed by atoms with E-state index in [1.54, 1.807) is 6.07 Å². The Morgan fingerprint density at radius 2 is 1.89 bits per heavy atom. The maximum Gasteiger partial charge on any atom is 0.227 e. The average Bonchev–Trinajstić information content (AvgIpc) is 2.98. The first-order valence-electron chi connectivity index (χ1n) is 6.08. The second kappa shape index (κ2) is 6.29. The van der Waals surface area contributed by atoms with Crippen molar-refractivity contribution in [2.45, 2.75) is 12.8 Å². The van der Waals surface area contributed by atoms with Gasteiger partial charge >= 0.3 is 0 Å². The van der Waals surface area contributed by atoms with Crippen molar-refractivity contribution < 1.29 is 9.59 Å². The molecular formula is C15H15NO2S. The predicted octanol–water partition coefficient (Wildman–Crippen LogP) is 2.85. The van der Waals surface area contributed by atoms with E-state index in [0.29, 0.717) is 4.88 Å². The number of amides is 1. The van der Waals surface area contributed by atoms with E-state index in [4.69, 9.17) is 0 Å². The zero-order valence-corrected chi connectivity index (χ0v) is 11.4. The lowest BCUT2D eigenvalue weighted by Gasteiger charge is -2.11. The van der Waals surface area contributed by atoms with Crippen molar-refractivity contribution in [3.63, 3.8) is 0 Å². The molecule has 1 amide bonds. The van der Waals surface area contributed by atoms with Crippen LogP contribution in [0.15, 0.2) is 47.8 Å². The second-order valence-electron chi connectivity index (χ2n) is 4.25. The maximum atomic E-state index is 12.0. The lowest BCUT2D eigenvalue weighted by Crippen LogP contribution is -2.32. The first kappa shape index (κ1) is 13.5. The Morgan fingerprint density at radius 1 is 1.16 bits per heavy atom. The van der Waals surface area contributed by atoms with Gasteiger partial charge in [0.15, 0.2) is 5.78 Å². The molecule has 0 fully saturated rings. The Balaban J connectivity index is 1.90. The van der Waals surface area contributed by atoms with E-state index in [9.17, 15) is 9.59 Å². The summed E-state index contributed by atoms with van der Waals surface area (Å²) in [4.78, 5) is 24.4. The molecule has 0 spiro atoms. The van der Waals surface area contributed by atoms with Crippen LogP contribution >= 0.6 is 11.3 Å². The highest BCUT2D eigenvalue weighted by molar-refractivity contribution is 7.12. The number of benzene rings is 1. The van der Waals surface area contributed by atoms with Gasteiger partial charge in [-0.25, -0.2) is 0 Å². The molecule has 1 atom stereocenters. The van der Waals surface area contributed by atoms with Gasteiger partial charge in [-0.3, -0.25) is 9.59 Å². The van der Waals surface area contributed by atoms with E-state index in [1.165, 1.54) is 11.3 Å². The summed E-state index contributed by atoms with van der Waals surface area (Å²) in [5.74, 6) is -0.433. The van der Waals surface area contributed by atoms with Crippen molar-refractivity contribution >= 4 is 23.0 Å². The molecule has 1 N–H and O–H groups in total. The first-order valence-corrected chi connectivity index (χ1v) is 6.96. The molecule has 0 unspecified atom stereocenters. The van der Waals surface area contributed by atoms with Crippen molar-refractivity contribution in [2.75, 3.05) is 6.54 Å². The van der Waals surface area contributed by atoms with Gasteiger partial charge in [0.05, 0.1) is 17.3 Å². The molecular weight excluding hydrogens is 258 g/mol. The number of carbonyl (C=O) groups is 2. The van der Waals surface area contributed by atoms with Crippen molar-refractivity contribution in [3.8, 4) is 0 Å². The summed E-state index contributed by atoms with van der Waals surface area (Å²) in [7, 11) is 0. The van der Waals surface area contributed by atoms with Crippen LogP contribution in [0.4, 0.5) is 0 Å². The third kappa shape index (κ3) is 3.51. The molecule has 3 nitrogen and oxygen atoms in total. The molecule has 0 aliphatic carbocycles. The van der Waals surface area contributed by atoms with Gasteiger partial charge in [0.2, 0.25) is 5.91 Å². The van der Waals surface area contributed by atoms with Gasteiger partial charge in [0.25, 0.3) is 0 Å². The Bertz CT molecular complexity index is 549. The monoisotopic (exact) mass is 273 g/mol. The fourth-order valence-corrected chi connectivity index (χ4v) is 2.40. The van der Waals surface area contributed by atoms with Crippen LogP contribution in [0.2, 0.25) is 0 Å². The number of hydrogen-bond donors (Lipinski definition) is 1. The van der Waals surface area contributed by atoms with E-state index in [0.717, 1.165) is 5.56 Å². The standard InChI is InChI=1S/C15H15NO2S/c1-11(12-6-3-2-4-7-12)15(18)16-10-13(17)14-8-5-9-19-14/h2-9,11H,10H2,1H3,(H,16,18)/t11-/m0/s1. The number of hydrogen-bond acceptors (Lipinski definition) is 3. The number of ketones is 1. The predicted molar refractivity (Wildman–Crippen MR) is 76.5 cm³/mol. The second-order valence-corrected chi connectivity index (χ2v) is 5.20. The van der Waals surface area contributed by atoms with Gasteiger partial charge in [0, 0.05) is 0 Å². The van der Waals surface area contributed by atoms with Crippen LogP contribution in [-0.4, -0.2) is 18.2 Å². The topological polar surface area (TPSA) is 46.2 Å². The third-order valence-corrected chi connectivity index (χ3v) is 3.82. The van der Waals surface area contributed by atoms with Crippen LogP contribution < -0.4 is 5.32 Å². The zero-order valence-electron chi connectivity index (χ0n) is 10.6. The van der Waals surface area contributed by atoms with Crippen molar-refractivity contribution in [2.24, 2.45) is 0 Å². The Morgan fingerprint density at radius 3 is 2.53 bits per heavy atom. The fraction of sp³-hybridized carbons (Fsp3) is 0.200. The van der Waals surface area contributed by atoms with Crippen LogP contribution in [-0.2, 0) is 4.79 Å². The third-order valence-electron chi connectivity index (χ3n) is 2.91. The fourth-order valence-electron chi connectivity index (χ4n) is 1.74. The number of Topliss-reactive ketones (excluding diaryl/α,β-unsaturated/α-hetero) is 1. The molecule has 98 valence electrons. The number of thiophene rings is 1. The normalized spacial score (nSPS) is 11.8. The van der Waals surface area contributed by atoms with E-state index < -0.39 is 0 Å². The molecule has 2 aromatic rings. The van der Waals surface area contributed by atoms with Gasteiger partial charge in [-0.1, -0.05) is 36.4 Å². The molecule has 1 aromatic carbocycles. The molecule has 2 rings (SSSR count). The number of nitrogens with one attached hydrogen (secondary N) is 1. The van der Waals surface area contributed by atoms with Crippen molar-refractivity contribution in [1.82, 2.24) is 5.32 Å². The molecule has 4 heteroatoms. The summed E-state index contributed by atoms with van der Waals surface area (Å²) in [6.45, 7) is 1.89.